The van der Waals surface area contributed by atoms with Crippen molar-refractivity contribution in [1.29, 1.82) is 10.5 Å². The molecule has 296 valence electrons. The molecule has 2 aromatic heterocycles. The van der Waals surface area contributed by atoms with Crippen molar-refractivity contribution >= 4 is 67.4 Å². The highest BCUT2D eigenvalue weighted by molar-refractivity contribution is 6.21. The molecule has 2 heterocycles. The Kier molecular flexibility index (Phi) is 11.1. The minimum Gasteiger partial charge on any atom is -0.481 e. The van der Waals surface area contributed by atoms with Crippen LogP contribution in [0.5, 0.6) is 11.5 Å². The quantitative estimate of drug-likeness (QED) is 0.104. The van der Waals surface area contributed by atoms with Crippen LogP contribution in [0.25, 0.3) is 43.6 Å². The Morgan fingerprint density at radius 2 is 1.02 bits per heavy atom. The van der Waals surface area contributed by atoms with E-state index in [4.69, 9.17) is 31.2 Å². The molecule has 14 nitrogen and oxygen atoms in total. The number of ether oxygens (including phenoxy) is 2. The second-order valence-corrected chi connectivity index (χ2v) is 13.5. The standard InChI is InChI=1S/2C23H17N3O4/c24-11-14-4-1-5-15(10-14)12-26-17-7-2-6-16(23(25)29)21(17)22-18(26)8-3-9-19(22)30-13-20(27)28;24-11-14-5-1-2-6-15(14)12-26-17-8-3-7-16(23(25)29)21(17)22-18(26)9-4-10-19(22)30-13-20(27)28/h2*1-10H,12-13H2,(H2,25,29)(H,27,28). The smallest absolute Gasteiger partial charge is 0.341 e. The van der Waals surface area contributed by atoms with Gasteiger partial charge in [-0.15, -0.1) is 0 Å². The van der Waals surface area contributed by atoms with Crippen LogP contribution in [-0.4, -0.2) is 56.3 Å². The second-order valence-electron chi connectivity index (χ2n) is 13.5. The van der Waals surface area contributed by atoms with Gasteiger partial charge in [0.15, 0.2) is 13.2 Å². The van der Waals surface area contributed by atoms with E-state index in [0.717, 1.165) is 33.2 Å². The Hall–Kier alpha value is -8.62. The summed E-state index contributed by atoms with van der Waals surface area (Å²) in [4.78, 5) is 46.3. The van der Waals surface area contributed by atoms with Crippen LogP contribution in [0.2, 0.25) is 0 Å². The summed E-state index contributed by atoms with van der Waals surface area (Å²) in [6, 6.07) is 40.0. The molecule has 0 unspecified atom stereocenters. The number of primary amides is 2. The van der Waals surface area contributed by atoms with E-state index < -0.39 is 37.0 Å². The number of hydrogen-bond acceptors (Lipinski definition) is 8. The number of carbonyl (C=O) groups is 4. The van der Waals surface area contributed by atoms with Crippen LogP contribution < -0.4 is 20.9 Å². The van der Waals surface area contributed by atoms with Gasteiger partial charge in [0.25, 0.3) is 0 Å². The number of benzene rings is 6. The summed E-state index contributed by atoms with van der Waals surface area (Å²) in [6.07, 6.45) is 0. The molecule has 0 aliphatic rings. The summed E-state index contributed by atoms with van der Waals surface area (Å²) < 4.78 is 15.0. The first-order chi connectivity index (χ1) is 29.0. The third kappa shape index (κ3) is 7.72. The lowest BCUT2D eigenvalue weighted by Crippen LogP contribution is -2.11. The van der Waals surface area contributed by atoms with Crippen molar-refractivity contribution in [2.24, 2.45) is 11.5 Å². The summed E-state index contributed by atoms with van der Waals surface area (Å²) in [5.41, 5.74) is 17.7. The summed E-state index contributed by atoms with van der Waals surface area (Å²) in [5.74, 6) is -2.67. The number of amides is 2. The first-order valence-electron chi connectivity index (χ1n) is 18.3. The lowest BCUT2D eigenvalue weighted by atomic mass is 10.1. The fourth-order valence-corrected chi connectivity index (χ4v) is 7.44. The van der Waals surface area contributed by atoms with Gasteiger partial charge in [0, 0.05) is 35.0 Å². The van der Waals surface area contributed by atoms with Crippen molar-refractivity contribution in [3.8, 4) is 23.6 Å². The van der Waals surface area contributed by atoms with E-state index in [9.17, 15) is 29.7 Å². The van der Waals surface area contributed by atoms with Gasteiger partial charge in [-0.05, 0) is 77.9 Å². The summed E-state index contributed by atoms with van der Waals surface area (Å²) in [6.45, 7) is -0.190. The van der Waals surface area contributed by atoms with Crippen molar-refractivity contribution in [2.45, 2.75) is 13.1 Å². The van der Waals surface area contributed by atoms with Crippen molar-refractivity contribution in [3.63, 3.8) is 0 Å². The zero-order valence-corrected chi connectivity index (χ0v) is 31.7. The van der Waals surface area contributed by atoms with Crippen molar-refractivity contribution in [3.05, 3.63) is 155 Å². The molecule has 0 fully saturated rings. The minimum atomic E-state index is -1.10. The Bertz CT molecular complexity index is 3110. The average Bonchev–Trinajstić information content (AvgIpc) is 3.75. The van der Waals surface area contributed by atoms with Crippen molar-refractivity contribution < 1.29 is 38.9 Å². The molecule has 0 radical (unpaired) electrons. The molecule has 8 aromatic rings. The molecule has 60 heavy (non-hydrogen) atoms. The summed E-state index contributed by atoms with van der Waals surface area (Å²) in [7, 11) is 0. The maximum atomic E-state index is 12.1. The molecular formula is C46H34N6O8. The van der Waals surface area contributed by atoms with Gasteiger partial charge >= 0.3 is 11.9 Å². The fraction of sp³-hybridized carbons (Fsp3) is 0.0870. The van der Waals surface area contributed by atoms with Crippen LogP contribution in [0.3, 0.4) is 0 Å². The Balaban J connectivity index is 0.000000181. The molecule has 6 N–H and O–H groups in total. The lowest BCUT2D eigenvalue weighted by molar-refractivity contribution is -0.140. The van der Waals surface area contributed by atoms with Crippen LogP contribution >= 0.6 is 0 Å². The van der Waals surface area contributed by atoms with Crippen molar-refractivity contribution in [1.82, 2.24) is 9.13 Å². The van der Waals surface area contributed by atoms with Crippen LogP contribution in [-0.2, 0) is 22.7 Å². The predicted octanol–water partition coefficient (Wildman–Crippen LogP) is 6.55. The van der Waals surface area contributed by atoms with Gasteiger partial charge in [0.2, 0.25) is 11.8 Å². The molecule has 0 saturated heterocycles. The van der Waals surface area contributed by atoms with E-state index in [1.54, 1.807) is 72.8 Å². The van der Waals surface area contributed by atoms with E-state index in [1.807, 2.05) is 57.7 Å². The first-order valence-corrected chi connectivity index (χ1v) is 18.3. The number of aliphatic carboxylic acids is 2. The molecule has 2 amide bonds. The van der Waals surface area contributed by atoms with E-state index in [1.165, 1.54) is 0 Å². The van der Waals surface area contributed by atoms with Gasteiger partial charge in [-0.1, -0.05) is 54.6 Å². The van der Waals surface area contributed by atoms with Crippen LogP contribution in [0.15, 0.2) is 121 Å². The lowest BCUT2D eigenvalue weighted by Gasteiger charge is -2.10. The molecule has 14 heteroatoms. The van der Waals surface area contributed by atoms with Gasteiger partial charge in [-0.2, -0.15) is 10.5 Å². The number of aromatic nitrogens is 2. The van der Waals surface area contributed by atoms with Gasteiger partial charge in [0.1, 0.15) is 11.5 Å². The Morgan fingerprint density at radius 3 is 1.50 bits per heavy atom. The monoisotopic (exact) mass is 798 g/mol. The van der Waals surface area contributed by atoms with Crippen LogP contribution in [0.1, 0.15) is 43.0 Å². The number of carbonyl (C=O) groups excluding carboxylic acids is 2. The number of fused-ring (bicyclic) bond motifs is 6. The van der Waals surface area contributed by atoms with Gasteiger partial charge < -0.3 is 40.3 Å². The van der Waals surface area contributed by atoms with Gasteiger partial charge in [-0.25, -0.2) is 9.59 Å². The third-order valence-corrected chi connectivity index (χ3v) is 9.85. The number of carboxylic acids is 2. The summed E-state index contributed by atoms with van der Waals surface area (Å²) >= 11 is 0. The van der Waals surface area contributed by atoms with Crippen LogP contribution in [0, 0.1) is 22.7 Å². The zero-order valence-electron chi connectivity index (χ0n) is 31.7. The molecule has 8 rings (SSSR count). The normalized spacial score (nSPS) is 10.8. The molecule has 0 aliphatic heterocycles. The predicted molar refractivity (Wildman–Crippen MR) is 223 cm³/mol. The maximum absolute atomic E-state index is 12.1. The molecule has 6 aromatic carbocycles. The number of hydrogen-bond donors (Lipinski definition) is 4. The highest BCUT2D eigenvalue weighted by atomic mass is 16.5. The number of carboxylic acid groups (broad SMARTS) is 2. The molecule has 0 saturated carbocycles. The molecule has 0 atom stereocenters. The second kappa shape index (κ2) is 16.9. The maximum Gasteiger partial charge on any atom is 0.341 e. The molecule has 0 spiro atoms. The number of nitriles is 2. The number of nitrogens with two attached hydrogens (primary N) is 2. The van der Waals surface area contributed by atoms with Crippen LogP contribution in [0.4, 0.5) is 0 Å². The number of rotatable bonds is 12. The molecular weight excluding hydrogens is 765 g/mol. The van der Waals surface area contributed by atoms with E-state index >= 15 is 0 Å². The number of nitrogens with zero attached hydrogens (tertiary/aromatic N) is 4. The van der Waals surface area contributed by atoms with Gasteiger partial charge in [-0.3, -0.25) is 9.59 Å². The topological polar surface area (TPSA) is 237 Å². The summed E-state index contributed by atoms with van der Waals surface area (Å²) in [5, 5.41) is 39.1. The van der Waals surface area contributed by atoms with E-state index in [0.29, 0.717) is 68.4 Å². The zero-order chi connectivity index (χ0) is 42.5. The average molecular weight is 799 g/mol. The third-order valence-electron chi connectivity index (χ3n) is 9.85. The Morgan fingerprint density at radius 1 is 0.550 bits per heavy atom. The largest absolute Gasteiger partial charge is 0.481 e. The highest BCUT2D eigenvalue weighted by Gasteiger charge is 2.22. The Labute approximate surface area is 341 Å². The SMILES string of the molecule is N#Cc1cccc(Cn2c3cccc(OCC(=O)O)c3c3c(C(N)=O)cccc32)c1.N#Cc1ccccc1Cn1c2cccc(OCC(=O)O)c2c2c(C(N)=O)cccc21. The van der Waals surface area contributed by atoms with Gasteiger partial charge in [0.05, 0.1) is 56.1 Å². The van der Waals surface area contributed by atoms with Crippen molar-refractivity contribution in [2.75, 3.05) is 13.2 Å². The van der Waals surface area contributed by atoms with E-state index in [-0.39, 0.29) is 0 Å². The van der Waals surface area contributed by atoms with E-state index in [2.05, 4.69) is 12.1 Å². The molecule has 0 bridgehead atoms. The highest BCUT2D eigenvalue weighted by Crippen LogP contribution is 2.40. The minimum absolute atomic E-state index is 0.316. The fourth-order valence-electron chi connectivity index (χ4n) is 7.44. The first kappa shape index (κ1) is 39.6. The molecule has 0 aliphatic carbocycles.